The Bertz CT molecular complexity index is 1080. The number of para-hydroxylation sites is 1. The summed E-state index contributed by atoms with van der Waals surface area (Å²) in [7, 11) is 0. The number of benzene rings is 2. The molecule has 33 heavy (non-hydrogen) atoms. The van der Waals surface area contributed by atoms with Gasteiger partial charge in [0.05, 0.1) is 18.6 Å². The van der Waals surface area contributed by atoms with Crippen LogP contribution < -0.4 is 13.3 Å². The van der Waals surface area contributed by atoms with Gasteiger partial charge in [0.1, 0.15) is 5.82 Å². The normalized spacial score (nSPS) is 13.3. The number of rotatable bonds is 8. The molecule has 0 amide bonds. The second kappa shape index (κ2) is 14.0. The van der Waals surface area contributed by atoms with Crippen molar-refractivity contribution in [3.8, 4) is 11.1 Å². The first-order valence-electron chi connectivity index (χ1n) is 10.2. The Morgan fingerprint density at radius 1 is 1.12 bits per heavy atom. The SMILES string of the molecule is CC(C)n1c(/C=C/[C@@H](O)C[C@@H](O)CC(=O)O)c(-c2ccc(F)cc2)c2ccccc21.I[I-]I. The van der Waals surface area contributed by atoms with Gasteiger partial charge in [-0.2, -0.15) is 0 Å². The number of hydrogen-bond donors (Lipinski definition) is 3. The Hall–Kier alpha value is -0.770. The zero-order valence-electron chi connectivity index (χ0n) is 18.1. The van der Waals surface area contributed by atoms with Crippen molar-refractivity contribution in [1.29, 1.82) is 0 Å². The van der Waals surface area contributed by atoms with Crippen LogP contribution in [0.15, 0.2) is 54.6 Å². The number of carboxylic acid groups (broad SMARTS) is 1. The summed E-state index contributed by atoms with van der Waals surface area (Å²) in [5.41, 5.74) is 3.65. The number of nitrogens with zero attached hydrogens (tertiary/aromatic N) is 1. The van der Waals surface area contributed by atoms with Gasteiger partial charge in [-0.25, -0.2) is 4.39 Å². The molecular weight excluding hydrogens is 766 g/mol. The fourth-order valence-corrected chi connectivity index (χ4v) is 3.77. The minimum atomic E-state index is -1.13. The molecule has 1 heterocycles. The summed E-state index contributed by atoms with van der Waals surface area (Å²) < 4.78 is 15.6. The Balaban J connectivity index is 0.00000122. The number of halogens is 4. The average Bonchev–Trinajstić information content (AvgIpc) is 3.07. The molecule has 3 N–H and O–H groups in total. The van der Waals surface area contributed by atoms with E-state index in [2.05, 4.69) is 55.6 Å². The number of hydrogen-bond acceptors (Lipinski definition) is 3. The van der Waals surface area contributed by atoms with Gasteiger partial charge < -0.3 is 19.9 Å². The van der Waals surface area contributed by atoms with Gasteiger partial charge in [0, 0.05) is 34.6 Å². The molecule has 0 spiro atoms. The van der Waals surface area contributed by atoms with Crippen LogP contribution in [-0.2, 0) is 4.79 Å². The number of carboxylic acids is 1. The molecular formula is C24H26FI3NO4-. The molecule has 0 bridgehead atoms. The summed E-state index contributed by atoms with van der Waals surface area (Å²) in [6, 6.07) is 14.4. The molecule has 0 aliphatic carbocycles. The number of aliphatic carboxylic acids is 1. The van der Waals surface area contributed by atoms with E-state index in [9.17, 15) is 19.4 Å². The van der Waals surface area contributed by atoms with Gasteiger partial charge >= 0.3 is 56.5 Å². The van der Waals surface area contributed by atoms with Crippen LogP contribution in [0.4, 0.5) is 4.39 Å². The van der Waals surface area contributed by atoms with Crippen LogP contribution in [-0.4, -0.2) is 38.1 Å². The fraction of sp³-hybridized carbons (Fsp3) is 0.292. The standard InChI is InChI=1S/C24H26FNO4.I3/c1-15(2)26-21-6-4-3-5-20(21)24(16-7-9-17(25)10-8-16)22(26)12-11-18(27)13-19(28)14-23(29)30;1-3-2/h3-12,15,18-19,27-28H,13-14H2,1-2H3,(H,29,30);/q;-1/b12-11+;/t18-,19-;/m1./s1. The molecule has 0 radical (unpaired) electrons. The molecule has 1 aromatic heterocycles. The molecule has 5 nitrogen and oxygen atoms in total. The Kier molecular flexibility index (Phi) is 12.0. The van der Waals surface area contributed by atoms with Crippen LogP contribution in [0, 0.1) is 5.82 Å². The van der Waals surface area contributed by atoms with Gasteiger partial charge in [-0.15, -0.1) is 0 Å². The molecule has 0 saturated heterocycles. The van der Waals surface area contributed by atoms with Crippen molar-refractivity contribution in [3.63, 3.8) is 0 Å². The van der Waals surface area contributed by atoms with Crippen LogP contribution in [0.5, 0.6) is 0 Å². The minimum absolute atomic E-state index is 0.0728. The Labute approximate surface area is 222 Å². The molecule has 0 fully saturated rings. The molecule has 0 aliphatic heterocycles. The summed E-state index contributed by atoms with van der Waals surface area (Å²) in [6.07, 6.45) is 0.727. The first kappa shape index (κ1) is 28.5. The topological polar surface area (TPSA) is 82.7 Å². The summed E-state index contributed by atoms with van der Waals surface area (Å²) in [5, 5.41) is 29.9. The molecule has 2 atom stereocenters. The van der Waals surface area contributed by atoms with Crippen LogP contribution >= 0.6 is 37.2 Å². The zero-order valence-corrected chi connectivity index (χ0v) is 24.6. The number of carbonyl (C=O) groups is 1. The summed E-state index contributed by atoms with van der Waals surface area (Å²) in [5.74, 6) is -1.43. The van der Waals surface area contributed by atoms with Crippen molar-refractivity contribution >= 4 is 60.2 Å². The van der Waals surface area contributed by atoms with Crippen LogP contribution in [0.2, 0.25) is 0 Å². The molecule has 2 aromatic carbocycles. The maximum absolute atomic E-state index is 13.5. The number of aromatic nitrogens is 1. The second-order valence-electron chi connectivity index (χ2n) is 7.72. The van der Waals surface area contributed by atoms with E-state index in [1.54, 1.807) is 24.3 Å². The number of fused-ring (bicyclic) bond motifs is 1. The molecule has 0 saturated carbocycles. The maximum atomic E-state index is 13.5. The second-order valence-corrected chi connectivity index (χ2v) is 24.0. The zero-order chi connectivity index (χ0) is 24.5. The van der Waals surface area contributed by atoms with Crippen molar-refractivity contribution in [2.45, 2.75) is 44.9 Å². The van der Waals surface area contributed by atoms with E-state index in [1.807, 2.05) is 24.3 Å². The summed E-state index contributed by atoms with van der Waals surface area (Å²) >= 11 is 5.30. The van der Waals surface area contributed by atoms with E-state index >= 15 is 0 Å². The molecule has 0 aliphatic rings. The molecule has 9 heteroatoms. The van der Waals surface area contributed by atoms with Gasteiger partial charge in [0.15, 0.2) is 0 Å². The molecule has 3 aromatic rings. The van der Waals surface area contributed by atoms with Crippen LogP contribution in [0.3, 0.4) is 0 Å². The summed E-state index contributed by atoms with van der Waals surface area (Å²) in [4.78, 5) is 10.7. The van der Waals surface area contributed by atoms with Gasteiger partial charge in [-0.05, 0) is 43.7 Å². The van der Waals surface area contributed by atoms with Gasteiger partial charge in [0.2, 0.25) is 0 Å². The average molecular weight is 792 g/mol. The van der Waals surface area contributed by atoms with Crippen molar-refractivity contribution in [3.05, 3.63) is 66.1 Å². The Morgan fingerprint density at radius 2 is 1.73 bits per heavy atom. The van der Waals surface area contributed by atoms with E-state index in [0.29, 0.717) is 13.3 Å². The number of aliphatic hydroxyl groups excluding tert-OH is 2. The van der Waals surface area contributed by atoms with E-state index < -0.39 is 24.6 Å². The van der Waals surface area contributed by atoms with Crippen LogP contribution in [0.1, 0.15) is 38.4 Å². The number of aliphatic hydroxyl groups is 2. The molecule has 180 valence electrons. The predicted molar refractivity (Wildman–Crippen MR) is 144 cm³/mol. The van der Waals surface area contributed by atoms with Crippen molar-refractivity contribution < 1.29 is 37.8 Å². The monoisotopic (exact) mass is 792 g/mol. The van der Waals surface area contributed by atoms with E-state index in [0.717, 1.165) is 27.7 Å². The van der Waals surface area contributed by atoms with Crippen molar-refractivity contribution in [1.82, 2.24) is 4.57 Å². The van der Waals surface area contributed by atoms with Crippen LogP contribution in [0.25, 0.3) is 28.1 Å². The predicted octanol–water partition coefficient (Wildman–Crippen LogP) is 3.40. The molecule has 3 rings (SSSR count). The van der Waals surface area contributed by atoms with Gasteiger partial charge in [-0.1, -0.05) is 36.4 Å². The quantitative estimate of drug-likeness (QED) is 0.306. The first-order chi connectivity index (χ1) is 15.7. The third-order valence-electron chi connectivity index (χ3n) is 5.00. The van der Waals surface area contributed by atoms with Crippen molar-refractivity contribution in [2.75, 3.05) is 0 Å². The molecule has 0 unspecified atom stereocenters. The summed E-state index contributed by atoms with van der Waals surface area (Å²) in [6.45, 7) is 4.12. The third kappa shape index (κ3) is 8.15. The van der Waals surface area contributed by atoms with Gasteiger partial charge in [-0.3, -0.25) is 4.79 Å². The van der Waals surface area contributed by atoms with E-state index in [4.69, 9.17) is 5.11 Å². The third-order valence-corrected chi connectivity index (χ3v) is 5.00. The van der Waals surface area contributed by atoms with E-state index in [-0.39, 0.29) is 18.3 Å². The van der Waals surface area contributed by atoms with Gasteiger partial charge in [0.25, 0.3) is 0 Å². The van der Waals surface area contributed by atoms with E-state index in [1.165, 1.54) is 12.1 Å². The first-order valence-corrected chi connectivity index (χ1v) is 22.8. The fourth-order valence-electron chi connectivity index (χ4n) is 3.77. The van der Waals surface area contributed by atoms with Crippen molar-refractivity contribution in [2.24, 2.45) is 0 Å². The Morgan fingerprint density at radius 3 is 2.30 bits per heavy atom.